The van der Waals surface area contributed by atoms with E-state index in [1.807, 2.05) is 0 Å². The second-order valence-electron chi connectivity index (χ2n) is 5.20. The Bertz CT molecular complexity index is 681. The summed E-state index contributed by atoms with van der Waals surface area (Å²) < 4.78 is 13.7. The Labute approximate surface area is 131 Å². The molecule has 2 aliphatic heterocycles. The molecule has 0 radical (unpaired) electrons. The third-order valence-electron chi connectivity index (χ3n) is 4.01. The first-order valence-electron chi connectivity index (χ1n) is 6.75. The van der Waals surface area contributed by atoms with Crippen LogP contribution in [0.1, 0.15) is 0 Å². The van der Waals surface area contributed by atoms with Crippen LogP contribution in [0.2, 0.25) is 5.02 Å². The van der Waals surface area contributed by atoms with E-state index < -0.39 is 12.0 Å². The SMILES string of the molecule is C=CC(=O)N1CCN2c3nc(F)c(Cl)cc3N(C)C(=O)C2C1. The van der Waals surface area contributed by atoms with Crippen molar-refractivity contribution in [3.8, 4) is 0 Å². The van der Waals surface area contributed by atoms with Gasteiger partial charge in [-0.25, -0.2) is 0 Å². The van der Waals surface area contributed by atoms with Gasteiger partial charge in [-0.05, 0) is 12.1 Å². The highest BCUT2D eigenvalue weighted by Gasteiger charge is 2.42. The number of amides is 2. The first-order chi connectivity index (χ1) is 10.4. The quantitative estimate of drug-likeness (QED) is 0.572. The van der Waals surface area contributed by atoms with E-state index in [4.69, 9.17) is 11.6 Å². The van der Waals surface area contributed by atoms with Gasteiger partial charge in [-0.15, -0.1) is 0 Å². The first kappa shape index (κ1) is 14.8. The van der Waals surface area contributed by atoms with Gasteiger partial charge in [0.25, 0.3) is 5.91 Å². The molecular formula is C14H14ClFN4O2. The largest absolute Gasteiger partial charge is 0.339 e. The van der Waals surface area contributed by atoms with Crippen LogP contribution in [0.4, 0.5) is 15.9 Å². The smallest absolute Gasteiger partial charge is 0.251 e. The van der Waals surface area contributed by atoms with E-state index in [1.54, 1.807) is 16.8 Å². The second kappa shape index (κ2) is 5.24. The summed E-state index contributed by atoms with van der Waals surface area (Å²) in [7, 11) is 1.59. The van der Waals surface area contributed by atoms with E-state index in [9.17, 15) is 14.0 Å². The summed E-state index contributed by atoms with van der Waals surface area (Å²) in [5, 5.41) is -0.127. The summed E-state index contributed by atoms with van der Waals surface area (Å²) >= 11 is 5.76. The first-order valence-corrected chi connectivity index (χ1v) is 7.13. The Kier molecular flexibility index (Phi) is 3.52. The number of aromatic nitrogens is 1. The van der Waals surface area contributed by atoms with Crippen LogP contribution in [-0.4, -0.2) is 54.4 Å². The van der Waals surface area contributed by atoms with Gasteiger partial charge in [-0.2, -0.15) is 9.37 Å². The Morgan fingerprint density at radius 2 is 2.27 bits per heavy atom. The van der Waals surface area contributed by atoms with Crippen LogP contribution in [0.3, 0.4) is 0 Å². The van der Waals surface area contributed by atoms with Gasteiger partial charge in [-0.1, -0.05) is 18.2 Å². The van der Waals surface area contributed by atoms with Gasteiger partial charge in [0.2, 0.25) is 11.9 Å². The molecular weight excluding hydrogens is 311 g/mol. The van der Waals surface area contributed by atoms with Gasteiger partial charge >= 0.3 is 0 Å². The summed E-state index contributed by atoms with van der Waals surface area (Å²) in [5.74, 6) is -0.805. The maximum atomic E-state index is 13.7. The van der Waals surface area contributed by atoms with Crippen LogP contribution in [0.25, 0.3) is 0 Å². The fraction of sp³-hybridized carbons (Fsp3) is 0.357. The lowest BCUT2D eigenvalue weighted by Gasteiger charge is -2.46. The summed E-state index contributed by atoms with van der Waals surface area (Å²) in [5.41, 5.74) is 0.469. The van der Waals surface area contributed by atoms with Gasteiger partial charge < -0.3 is 14.7 Å². The lowest BCUT2D eigenvalue weighted by Crippen LogP contribution is -2.63. The van der Waals surface area contributed by atoms with E-state index in [2.05, 4.69) is 11.6 Å². The molecule has 3 rings (SSSR count). The Morgan fingerprint density at radius 1 is 1.55 bits per heavy atom. The van der Waals surface area contributed by atoms with Crippen molar-refractivity contribution in [3.05, 3.63) is 29.7 Å². The van der Waals surface area contributed by atoms with Crippen LogP contribution in [0.15, 0.2) is 18.7 Å². The number of hydrogen-bond donors (Lipinski definition) is 0. The van der Waals surface area contributed by atoms with Gasteiger partial charge in [0.1, 0.15) is 6.04 Å². The average molecular weight is 325 g/mol. The number of anilines is 2. The van der Waals surface area contributed by atoms with Crippen molar-refractivity contribution in [3.63, 3.8) is 0 Å². The average Bonchev–Trinajstić information content (AvgIpc) is 2.53. The molecule has 1 aromatic rings. The molecule has 1 aromatic heterocycles. The zero-order valence-electron chi connectivity index (χ0n) is 11.9. The summed E-state index contributed by atoms with van der Waals surface area (Å²) in [6.45, 7) is 4.49. The molecule has 22 heavy (non-hydrogen) atoms. The molecule has 0 spiro atoms. The van der Waals surface area contributed by atoms with Gasteiger partial charge in [-0.3, -0.25) is 9.59 Å². The number of pyridine rings is 1. The van der Waals surface area contributed by atoms with E-state index in [1.165, 1.54) is 17.0 Å². The predicted molar refractivity (Wildman–Crippen MR) is 80.5 cm³/mol. The molecule has 0 aromatic carbocycles. The summed E-state index contributed by atoms with van der Waals surface area (Å²) in [6.07, 6.45) is 1.22. The number of carbonyl (C=O) groups is 2. The Balaban J connectivity index is 2.01. The fourth-order valence-electron chi connectivity index (χ4n) is 2.83. The van der Waals surface area contributed by atoms with E-state index >= 15 is 0 Å². The number of fused-ring (bicyclic) bond motifs is 3. The summed E-state index contributed by atoms with van der Waals surface area (Å²) in [6, 6.07) is 0.817. The number of hydrogen-bond acceptors (Lipinski definition) is 4. The van der Waals surface area contributed by atoms with E-state index in [0.717, 1.165) is 0 Å². The minimum Gasteiger partial charge on any atom is -0.339 e. The van der Waals surface area contributed by atoms with Gasteiger partial charge in [0.05, 0.1) is 17.3 Å². The molecule has 1 saturated heterocycles. The standard InChI is InChI=1S/C14H14ClFN4O2/c1-3-11(21)19-4-5-20-10(7-19)14(22)18(2)9-6-8(15)12(16)17-13(9)20/h3,6,10H,1,4-5,7H2,2H3. The van der Waals surface area contributed by atoms with E-state index in [-0.39, 0.29) is 23.4 Å². The highest BCUT2D eigenvalue weighted by Crippen LogP contribution is 2.37. The van der Waals surface area contributed by atoms with Crippen molar-refractivity contribution in [2.45, 2.75) is 6.04 Å². The zero-order valence-corrected chi connectivity index (χ0v) is 12.7. The summed E-state index contributed by atoms with van der Waals surface area (Å²) in [4.78, 5) is 32.8. The molecule has 0 bridgehead atoms. The number of halogens is 2. The minimum absolute atomic E-state index is 0.127. The molecule has 0 N–H and O–H groups in total. The molecule has 2 aliphatic rings. The molecule has 6 nitrogen and oxygen atoms in total. The van der Waals surface area contributed by atoms with E-state index in [0.29, 0.717) is 24.6 Å². The third kappa shape index (κ3) is 2.12. The molecule has 1 fully saturated rings. The van der Waals surface area contributed by atoms with Crippen LogP contribution >= 0.6 is 11.6 Å². The molecule has 8 heteroatoms. The lowest BCUT2D eigenvalue weighted by molar-refractivity contribution is -0.128. The second-order valence-corrected chi connectivity index (χ2v) is 5.61. The highest BCUT2D eigenvalue weighted by molar-refractivity contribution is 6.31. The molecule has 1 unspecified atom stereocenters. The zero-order chi connectivity index (χ0) is 16.0. The molecule has 0 aliphatic carbocycles. The van der Waals surface area contributed by atoms with Crippen molar-refractivity contribution in [2.75, 3.05) is 36.5 Å². The number of nitrogens with zero attached hydrogens (tertiary/aromatic N) is 4. The van der Waals surface area contributed by atoms with Gasteiger partial charge in [0, 0.05) is 20.1 Å². The Hall–Kier alpha value is -2.15. The number of rotatable bonds is 1. The van der Waals surface area contributed by atoms with Crippen molar-refractivity contribution < 1.29 is 14.0 Å². The Morgan fingerprint density at radius 3 is 2.95 bits per heavy atom. The minimum atomic E-state index is -0.772. The van der Waals surface area contributed by atoms with Crippen molar-refractivity contribution in [1.29, 1.82) is 0 Å². The molecule has 116 valence electrons. The van der Waals surface area contributed by atoms with Crippen molar-refractivity contribution >= 4 is 34.9 Å². The monoisotopic (exact) mass is 324 g/mol. The predicted octanol–water partition coefficient (Wildman–Crippen LogP) is 1.05. The lowest BCUT2D eigenvalue weighted by atomic mass is 10.1. The van der Waals surface area contributed by atoms with Crippen LogP contribution in [0, 0.1) is 5.95 Å². The van der Waals surface area contributed by atoms with Crippen LogP contribution < -0.4 is 9.80 Å². The van der Waals surface area contributed by atoms with Gasteiger partial charge in [0.15, 0.2) is 5.82 Å². The molecule has 3 heterocycles. The highest BCUT2D eigenvalue weighted by atomic mass is 35.5. The van der Waals surface area contributed by atoms with Crippen LogP contribution in [-0.2, 0) is 9.59 Å². The number of piperazine rings is 1. The third-order valence-corrected chi connectivity index (χ3v) is 4.27. The number of carbonyl (C=O) groups excluding carboxylic acids is 2. The topological polar surface area (TPSA) is 56.8 Å². The maximum absolute atomic E-state index is 13.7. The van der Waals surface area contributed by atoms with Crippen molar-refractivity contribution in [2.24, 2.45) is 0 Å². The molecule has 0 saturated carbocycles. The fourth-order valence-corrected chi connectivity index (χ4v) is 2.97. The number of likely N-dealkylation sites (N-methyl/N-ethyl adjacent to an activating group) is 1. The normalized spacial score (nSPS) is 20.6. The van der Waals surface area contributed by atoms with Crippen molar-refractivity contribution in [1.82, 2.24) is 9.88 Å². The van der Waals surface area contributed by atoms with Crippen LogP contribution in [0.5, 0.6) is 0 Å². The molecule has 1 atom stereocenters. The molecule has 2 amide bonds. The maximum Gasteiger partial charge on any atom is 0.251 e.